The Hall–Kier alpha value is -0.103. The van der Waals surface area contributed by atoms with E-state index in [1.54, 1.807) is 18.2 Å². The molecule has 0 aliphatic carbocycles. The predicted octanol–water partition coefficient (Wildman–Crippen LogP) is 4.33. The van der Waals surface area contributed by atoms with Crippen LogP contribution in [0.25, 0.3) is 0 Å². The van der Waals surface area contributed by atoms with Gasteiger partial charge in [0.25, 0.3) is 0 Å². The highest BCUT2D eigenvalue weighted by molar-refractivity contribution is 6.48. The molecule has 0 fully saturated rings. The minimum absolute atomic E-state index is 0.0643. The van der Waals surface area contributed by atoms with Crippen molar-refractivity contribution in [1.29, 1.82) is 0 Å². The van der Waals surface area contributed by atoms with E-state index in [2.05, 4.69) is 20.8 Å². The van der Waals surface area contributed by atoms with Gasteiger partial charge in [0, 0.05) is 5.56 Å². The van der Waals surface area contributed by atoms with E-state index in [1.165, 1.54) is 0 Å². The normalized spacial score (nSPS) is 16.6. The molecule has 3 nitrogen and oxygen atoms in total. The van der Waals surface area contributed by atoms with Crippen LogP contribution in [0.15, 0.2) is 18.2 Å². The Morgan fingerprint density at radius 2 is 1.77 bits per heavy atom. The van der Waals surface area contributed by atoms with Crippen LogP contribution in [0, 0.1) is 5.41 Å². The lowest BCUT2D eigenvalue weighted by Gasteiger charge is -2.36. The van der Waals surface area contributed by atoms with Gasteiger partial charge in [0.2, 0.25) is 5.79 Å². The Kier molecular flexibility index (Phi) is 6.93. The Morgan fingerprint density at radius 1 is 1.18 bits per heavy atom. The Labute approximate surface area is 144 Å². The number of hydrogen-bond acceptors (Lipinski definition) is 3. The third-order valence-corrected chi connectivity index (χ3v) is 4.94. The molecule has 1 aromatic carbocycles. The van der Waals surface area contributed by atoms with Crippen molar-refractivity contribution >= 4 is 32.2 Å². The number of halogens is 2. The third kappa shape index (κ3) is 5.51. The largest absolute Gasteiger partial charge is 0.389 e. The first-order valence-electron chi connectivity index (χ1n) is 7.49. The van der Waals surface area contributed by atoms with E-state index >= 15 is 0 Å². The minimum Gasteiger partial charge on any atom is -0.389 e. The molecule has 1 rings (SSSR count). The van der Waals surface area contributed by atoms with Gasteiger partial charge >= 0.3 is 0 Å². The first kappa shape index (κ1) is 19.9. The van der Waals surface area contributed by atoms with E-state index < -0.39 is 20.9 Å². The van der Waals surface area contributed by atoms with Gasteiger partial charge in [0.15, 0.2) is 9.04 Å². The molecular formula is C16H26Cl2O3Si. The van der Waals surface area contributed by atoms with Crippen LogP contribution in [0.2, 0.25) is 23.1 Å². The van der Waals surface area contributed by atoms with E-state index in [1.807, 2.05) is 13.1 Å². The SMILES string of the molecule is C[SiH](C)OC(O)(c1ccc(Cl)c(Cl)c1)[C@H](O)CCC(C)(C)C. The van der Waals surface area contributed by atoms with Crippen molar-refractivity contribution in [2.45, 2.75) is 58.6 Å². The third-order valence-electron chi connectivity index (χ3n) is 3.37. The number of rotatable bonds is 6. The van der Waals surface area contributed by atoms with Gasteiger partial charge in [0.05, 0.1) is 10.0 Å². The second-order valence-corrected chi connectivity index (χ2v) is 10.3. The van der Waals surface area contributed by atoms with Crippen molar-refractivity contribution in [3.8, 4) is 0 Å². The average molecular weight is 365 g/mol. The van der Waals surface area contributed by atoms with E-state index in [4.69, 9.17) is 27.6 Å². The van der Waals surface area contributed by atoms with Crippen molar-refractivity contribution in [3.05, 3.63) is 33.8 Å². The van der Waals surface area contributed by atoms with Crippen LogP contribution >= 0.6 is 23.2 Å². The standard InChI is InChI=1S/C16H26Cl2O3Si/c1-15(2,3)9-8-14(19)16(20,21-22(4)5)11-6-7-12(17)13(18)10-11/h6-7,10,14,19-20,22H,8-9H2,1-5H3/t14-,16?/m1/s1. The predicted molar refractivity (Wildman–Crippen MR) is 95.0 cm³/mol. The van der Waals surface area contributed by atoms with Crippen LogP contribution in [0.5, 0.6) is 0 Å². The Morgan fingerprint density at radius 3 is 2.23 bits per heavy atom. The molecule has 0 aliphatic heterocycles. The summed E-state index contributed by atoms with van der Waals surface area (Å²) in [5.41, 5.74) is 0.499. The molecule has 126 valence electrons. The minimum atomic E-state index is -1.75. The molecule has 0 radical (unpaired) electrons. The van der Waals surface area contributed by atoms with E-state index in [0.29, 0.717) is 22.0 Å². The summed E-state index contributed by atoms with van der Waals surface area (Å²) in [6.45, 7) is 10.2. The molecule has 0 aliphatic rings. The fourth-order valence-electron chi connectivity index (χ4n) is 2.18. The smallest absolute Gasteiger partial charge is 0.209 e. The lowest BCUT2D eigenvalue weighted by Crippen LogP contribution is -2.45. The summed E-state index contributed by atoms with van der Waals surface area (Å²) < 4.78 is 5.79. The van der Waals surface area contributed by atoms with E-state index in [9.17, 15) is 10.2 Å². The Balaban J connectivity index is 3.10. The highest BCUT2D eigenvalue weighted by atomic mass is 35.5. The lowest BCUT2D eigenvalue weighted by molar-refractivity contribution is -0.220. The van der Waals surface area contributed by atoms with Gasteiger partial charge in [-0.15, -0.1) is 0 Å². The first-order valence-corrected chi connectivity index (χ1v) is 11.0. The molecular weight excluding hydrogens is 339 g/mol. The van der Waals surface area contributed by atoms with Crippen LogP contribution in [0.4, 0.5) is 0 Å². The molecule has 1 aromatic rings. The molecule has 2 N–H and O–H groups in total. The number of aliphatic hydroxyl groups excluding tert-OH is 1. The van der Waals surface area contributed by atoms with Gasteiger partial charge in [0.1, 0.15) is 6.10 Å². The highest BCUT2D eigenvalue weighted by Gasteiger charge is 2.40. The molecule has 6 heteroatoms. The molecule has 0 saturated carbocycles. The summed E-state index contributed by atoms with van der Waals surface area (Å²) in [6, 6.07) is 4.80. The van der Waals surface area contributed by atoms with Crippen LogP contribution in [0.3, 0.4) is 0 Å². The highest BCUT2D eigenvalue weighted by Crippen LogP contribution is 2.35. The van der Waals surface area contributed by atoms with Gasteiger partial charge in [-0.3, -0.25) is 0 Å². The fraction of sp³-hybridized carbons (Fsp3) is 0.625. The molecule has 0 aromatic heterocycles. The van der Waals surface area contributed by atoms with Gasteiger partial charge in [-0.25, -0.2) is 0 Å². The zero-order chi connectivity index (χ0) is 17.1. The second-order valence-electron chi connectivity index (χ2n) is 7.11. The second kappa shape index (κ2) is 7.64. The molecule has 2 atom stereocenters. The summed E-state index contributed by atoms with van der Waals surface area (Å²) in [7, 11) is -1.60. The summed E-state index contributed by atoms with van der Waals surface area (Å²) in [5.74, 6) is -1.75. The van der Waals surface area contributed by atoms with Crippen molar-refractivity contribution in [1.82, 2.24) is 0 Å². The van der Waals surface area contributed by atoms with Crippen molar-refractivity contribution in [2.75, 3.05) is 0 Å². The summed E-state index contributed by atoms with van der Waals surface area (Å²) >= 11 is 12.0. The van der Waals surface area contributed by atoms with E-state index in [0.717, 1.165) is 6.42 Å². The first-order chi connectivity index (χ1) is 9.95. The van der Waals surface area contributed by atoms with Crippen molar-refractivity contribution in [3.63, 3.8) is 0 Å². The Bertz CT molecular complexity index is 503. The molecule has 0 saturated heterocycles. The maximum absolute atomic E-state index is 11.0. The molecule has 0 amide bonds. The summed E-state index contributed by atoms with van der Waals surface area (Å²) in [6.07, 6.45) is 0.168. The van der Waals surface area contributed by atoms with Crippen molar-refractivity contribution < 1.29 is 14.6 Å². The lowest BCUT2D eigenvalue weighted by atomic mass is 9.86. The number of benzene rings is 1. The molecule has 0 heterocycles. The summed E-state index contributed by atoms with van der Waals surface area (Å²) in [5, 5.41) is 22.3. The van der Waals surface area contributed by atoms with Gasteiger partial charge in [-0.2, -0.15) is 0 Å². The average Bonchev–Trinajstić information content (AvgIpc) is 2.37. The molecule has 22 heavy (non-hydrogen) atoms. The molecule has 0 spiro atoms. The van der Waals surface area contributed by atoms with Gasteiger partial charge in [-0.1, -0.05) is 50.0 Å². The van der Waals surface area contributed by atoms with Crippen LogP contribution < -0.4 is 0 Å². The zero-order valence-electron chi connectivity index (χ0n) is 13.9. The van der Waals surface area contributed by atoms with Crippen LogP contribution in [-0.2, 0) is 10.2 Å². The fourth-order valence-corrected chi connectivity index (χ4v) is 3.49. The van der Waals surface area contributed by atoms with Gasteiger partial charge < -0.3 is 14.6 Å². The maximum Gasteiger partial charge on any atom is 0.209 e. The quantitative estimate of drug-likeness (QED) is 0.583. The molecule has 0 bridgehead atoms. The monoisotopic (exact) mass is 364 g/mol. The number of hydrogen-bond donors (Lipinski definition) is 2. The number of aliphatic hydroxyl groups is 2. The summed E-state index contributed by atoms with van der Waals surface area (Å²) in [4.78, 5) is 0. The van der Waals surface area contributed by atoms with Crippen LogP contribution in [0.1, 0.15) is 39.2 Å². The molecule has 1 unspecified atom stereocenters. The van der Waals surface area contributed by atoms with E-state index in [-0.39, 0.29) is 5.41 Å². The maximum atomic E-state index is 11.0. The zero-order valence-corrected chi connectivity index (χ0v) is 16.5. The van der Waals surface area contributed by atoms with Crippen LogP contribution in [-0.4, -0.2) is 25.4 Å². The van der Waals surface area contributed by atoms with Crippen molar-refractivity contribution in [2.24, 2.45) is 5.41 Å². The van der Waals surface area contributed by atoms with Gasteiger partial charge in [-0.05, 0) is 43.5 Å². The topological polar surface area (TPSA) is 49.7 Å².